The summed E-state index contributed by atoms with van der Waals surface area (Å²) in [6.45, 7) is 10.0. The molecule has 1 aromatic carbocycles. The Morgan fingerprint density at radius 2 is 1.90 bits per heavy atom. The lowest BCUT2D eigenvalue weighted by atomic mass is 9.91. The third-order valence-corrected chi connectivity index (χ3v) is 4.88. The van der Waals surface area contributed by atoms with Crippen molar-refractivity contribution in [3.63, 3.8) is 0 Å². The molecule has 2 rings (SSSR count). The van der Waals surface area contributed by atoms with Gasteiger partial charge in [0.05, 0.1) is 0 Å². The van der Waals surface area contributed by atoms with E-state index in [-0.39, 0.29) is 11.4 Å². The third kappa shape index (κ3) is 3.39. The topological polar surface area (TPSA) is 15.3 Å². The number of rotatable bonds is 4. The van der Waals surface area contributed by atoms with Crippen molar-refractivity contribution in [2.24, 2.45) is 0 Å². The van der Waals surface area contributed by atoms with E-state index in [0.29, 0.717) is 6.04 Å². The van der Waals surface area contributed by atoms with E-state index < -0.39 is 0 Å². The zero-order chi connectivity index (χ0) is 14.6. The molecule has 0 aromatic heterocycles. The lowest BCUT2D eigenvalue weighted by molar-refractivity contribution is 0.157. The van der Waals surface area contributed by atoms with Crippen LogP contribution in [0.2, 0.25) is 0 Å². The monoisotopic (exact) mass is 278 g/mol. The van der Waals surface area contributed by atoms with E-state index in [1.54, 1.807) is 12.1 Å². The Hall–Kier alpha value is -0.930. The fourth-order valence-corrected chi connectivity index (χ4v) is 3.17. The summed E-state index contributed by atoms with van der Waals surface area (Å²) in [5.41, 5.74) is 1.43. The minimum absolute atomic E-state index is 0.157. The summed E-state index contributed by atoms with van der Waals surface area (Å²) in [6.07, 6.45) is 3.47. The van der Waals surface area contributed by atoms with Gasteiger partial charge in [0.25, 0.3) is 0 Å². The minimum Gasteiger partial charge on any atom is -0.310 e. The van der Waals surface area contributed by atoms with Gasteiger partial charge >= 0.3 is 0 Å². The maximum absolute atomic E-state index is 13.1. The standard InChI is InChI=1S/C17H27FN2/c1-4-17(5-2)13-20(12-6-11-19-17)14(3)15-7-9-16(18)10-8-15/h7-10,14,19H,4-6,11-13H2,1-3H3. The molecule has 1 atom stereocenters. The number of nitrogens with zero attached hydrogens (tertiary/aromatic N) is 1. The van der Waals surface area contributed by atoms with Gasteiger partial charge in [-0.15, -0.1) is 0 Å². The van der Waals surface area contributed by atoms with Gasteiger partial charge in [0.15, 0.2) is 0 Å². The van der Waals surface area contributed by atoms with Crippen LogP contribution in [-0.4, -0.2) is 30.1 Å². The van der Waals surface area contributed by atoms with Gasteiger partial charge in [0.1, 0.15) is 5.82 Å². The molecule has 1 aliphatic heterocycles. The molecule has 3 heteroatoms. The summed E-state index contributed by atoms with van der Waals surface area (Å²) in [4.78, 5) is 2.54. The average molecular weight is 278 g/mol. The number of hydrogen-bond donors (Lipinski definition) is 1. The van der Waals surface area contributed by atoms with Crippen molar-refractivity contribution in [3.05, 3.63) is 35.6 Å². The summed E-state index contributed by atoms with van der Waals surface area (Å²) >= 11 is 0. The van der Waals surface area contributed by atoms with E-state index in [4.69, 9.17) is 0 Å². The second-order valence-corrected chi connectivity index (χ2v) is 5.97. The van der Waals surface area contributed by atoms with E-state index in [2.05, 4.69) is 31.0 Å². The van der Waals surface area contributed by atoms with Gasteiger partial charge in [-0.2, -0.15) is 0 Å². The van der Waals surface area contributed by atoms with Crippen LogP contribution >= 0.6 is 0 Å². The van der Waals surface area contributed by atoms with Crippen LogP contribution in [0.5, 0.6) is 0 Å². The molecule has 0 radical (unpaired) electrons. The summed E-state index contributed by atoms with van der Waals surface area (Å²) in [7, 11) is 0. The van der Waals surface area contributed by atoms with Crippen molar-refractivity contribution in [3.8, 4) is 0 Å². The molecule has 0 amide bonds. The average Bonchev–Trinajstić information content (AvgIpc) is 2.70. The van der Waals surface area contributed by atoms with Gasteiger partial charge in [-0.25, -0.2) is 4.39 Å². The lowest BCUT2D eigenvalue weighted by Crippen LogP contribution is -2.51. The van der Waals surface area contributed by atoms with Crippen LogP contribution in [-0.2, 0) is 0 Å². The Labute approximate surface area is 122 Å². The molecule has 1 saturated heterocycles. The summed E-state index contributed by atoms with van der Waals surface area (Å²) < 4.78 is 13.1. The maximum atomic E-state index is 13.1. The molecule has 20 heavy (non-hydrogen) atoms. The Morgan fingerprint density at radius 1 is 1.25 bits per heavy atom. The van der Waals surface area contributed by atoms with Crippen molar-refractivity contribution in [1.82, 2.24) is 10.2 Å². The van der Waals surface area contributed by atoms with Crippen molar-refractivity contribution < 1.29 is 4.39 Å². The fraction of sp³-hybridized carbons (Fsp3) is 0.647. The normalized spacial score (nSPS) is 21.4. The molecule has 1 fully saturated rings. The van der Waals surface area contributed by atoms with Crippen LogP contribution in [0.3, 0.4) is 0 Å². The molecule has 0 bridgehead atoms. The van der Waals surface area contributed by atoms with E-state index in [1.807, 2.05) is 12.1 Å². The van der Waals surface area contributed by atoms with Crippen LogP contribution in [0.25, 0.3) is 0 Å². The highest BCUT2D eigenvalue weighted by atomic mass is 19.1. The van der Waals surface area contributed by atoms with Crippen molar-refractivity contribution in [2.45, 2.75) is 51.6 Å². The molecule has 0 spiro atoms. The molecule has 2 nitrogen and oxygen atoms in total. The van der Waals surface area contributed by atoms with E-state index in [0.717, 1.165) is 32.5 Å². The molecular formula is C17H27FN2. The first kappa shape index (κ1) is 15.5. The first-order valence-corrected chi connectivity index (χ1v) is 7.85. The van der Waals surface area contributed by atoms with Crippen LogP contribution in [0.1, 0.15) is 51.6 Å². The predicted molar refractivity (Wildman–Crippen MR) is 82.3 cm³/mol. The molecular weight excluding hydrogens is 251 g/mol. The molecule has 1 unspecified atom stereocenters. The minimum atomic E-state index is -0.157. The van der Waals surface area contributed by atoms with Crippen molar-refractivity contribution in [2.75, 3.05) is 19.6 Å². The van der Waals surface area contributed by atoms with Crippen LogP contribution in [0, 0.1) is 5.82 Å². The molecule has 1 N–H and O–H groups in total. The van der Waals surface area contributed by atoms with Crippen LogP contribution in [0.4, 0.5) is 4.39 Å². The van der Waals surface area contributed by atoms with Gasteiger partial charge in [0.2, 0.25) is 0 Å². The highest BCUT2D eigenvalue weighted by Gasteiger charge is 2.32. The molecule has 1 heterocycles. The summed E-state index contributed by atoms with van der Waals surface area (Å²) in [5.74, 6) is -0.157. The first-order valence-electron chi connectivity index (χ1n) is 7.85. The molecule has 0 aliphatic carbocycles. The van der Waals surface area contributed by atoms with E-state index in [1.165, 1.54) is 12.0 Å². The Morgan fingerprint density at radius 3 is 2.50 bits per heavy atom. The van der Waals surface area contributed by atoms with Gasteiger partial charge < -0.3 is 5.32 Å². The lowest BCUT2D eigenvalue weighted by Gasteiger charge is -2.38. The van der Waals surface area contributed by atoms with Crippen molar-refractivity contribution in [1.29, 1.82) is 0 Å². The predicted octanol–water partition coefficient (Wildman–Crippen LogP) is 3.74. The highest BCUT2D eigenvalue weighted by Crippen LogP contribution is 2.27. The second kappa shape index (κ2) is 6.68. The Balaban J connectivity index is 2.15. The maximum Gasteiger partial charge on any atom is 0.123 e. The fourth-order valence-electron chi connectivity index (χ4n) is 3.17. The van der Waals surface area contributed by atoms with Crippen LogP contribution in [0.15, 0.2) is 24.3 Å². The number of nitrogens with one attached hydrogen (secondary N) is 1. The second-order valence-electron chi connectivity index (χ2n) is 5.97. The molecule has 112 valence electrons. The third-order valence-electron chi connectivity index (χ3n) is 4.88. The Bertz CT molecular complexity index is 412. The largest absolute Gasteiger partial charge is 0.310 e. The van der Waals surface area contributed by atoms with E-state index >= 15 is 0 Å². The number of benzene rings is 1. The Kier molecular flexibility index (Phi) is 5.17. The first-order chi connectivity index (χ1) is 9.60. The molecule has 0 saturated carbocycles. The van der Waals surface area contributed by atoms with Gasteiger partial charge in [-0.1, -0.05) is 26.0 Å². The molecule has 1 aliphatic rings. The quantitative estimate of drug-likeness (QED) is 0.902. The van der Waals surface area contributed by atoms with Crippen LogP contribution < -0.4 is 5.32 Å². The van der Waals surface area contributed by atoms with Gasteiger partial charge in [0, 0.05) is 24.7 Å². The van der Waals surface area contributed by atoms with Crippen molar-refractivity contribution >= 4 is 0 Å². The summed E-state index contributed by atoms with van der Waals surface area (Å²) in [6, 6.07) is 7.30. The zero-order valence-corrected chi connectivity index (χ0v) is 13.0. The van der Waals surface area contributed by atoms with Gasteiger partial charge in [-0.05, 0) is 50.4 Å². The SMILES string of the molecule is CCC1(CC)CN(C(C)c2ccc(F)cc2)CCCN1. The zero-order valence-electron chi connectivity index (χ0n) is 13.0. The van der Waals surface area contributed by atoms with E-state index in [9.17, 15) is 4.39 Å². The molecule has 1 aromatic rings. The highest BCUT2D eigenvalue weighted by molar-refractivity contribution is 5.19. The van der Waals surface area contributed by atoms with Gasteiger partial charge in [-0.3, -0.25) is 4.90 Å². The summed E-state index contributed by atoms with van der Waals surface area (Å²) in [5, 5.41) is 3.74. The smallest absolute Gasteiger partial charge is 0.123 e. The number of halogens is 1. The number of hydrogen-bond acceptors (Lipinski definition) is 2.